The quantitative estimate of drug-likeness (QED) is 0.861. The molecule has 0 aliphatic rings. The summed E-state index contributed by atoms with van der Waals surface area (Å²) < 4.78 is 39.4. The maximum atomic E-state index is 12.8. The third kappa shape index (κ3) is 4.16. The highest BCUT2D eigenvalue weighted by atomic mass is 32.2. The molecule has 2 N–H and O–H groups in total. The van der Waals surface area contributed by atoms with E-state index in [9.17, 15) is 12.8 Å². The molecule has 0 atom stereocenters. The first-order chi connectivity index (χ1) is 10.0. The van der Waals surface area contributed by atoms with Gasteiger partial charge in [-0.05, 0) is 42.8 Å². The first-order valence-corrected chi connectivity index (χ1v) is 7.98. The van der Waals surface area contributed by atoms with Crippen molar-refractivity contribution in [2.75, 3.05) is 16.6 Å². The molecule has 1 aromatic carbocycles. The fourth-order valence-corrected chi connectivity index (χ4v) is 2.68. The lowest BCUT2D eigenvalue weighted by Gasteiger charge is -2.09. The maximum absolute atomic E-state index is 12.8. The predicted octanol–water partition coefficient (Wildman–Crippen LogP) is 2.84. The van der Waals surface area contributed by atoms with E-state index in [2.05, 4.69) is 15.0 Å². The van der Waals surface area contributed by atoms with Gasteiger partial charge < -0.3 is 5.32 Å². The third-order valence-corrected chi connectivity index (χ3v) is 4.09. The van der Waals surface area contributed by atoms with Crippen LogP contribution in [0.3, 0.4) is 0 Å². The number of nitrogens with zero attached hydrogens (tertiary/aromatic N) is 1. The minimum absolute atomic E-state index is 0.00270. The summed E-state index contributed by atoms with van der Waals surface area (Å²) in [6.07, 6.45) is 2.40. The van der Waals surface area contributed by atoms with Crippen molar-refractivity contribution in [3.63, 3.8) is 0 Å². The van der Waals surface area contributed by atoms with Gasteiger partial charge in [-0.15, -0.1) is 0 Å². The summed E-state index contributed by atoms with van der Waals surface area (Å²) in [4.78, 5) is 4.11. The summed E-state index contributed by atoms with van der Waals surface area (Å²) in [6.45, 7) is 2.84. The van der Waals surface area contributed by atoms with Crippen LogP contribution in [0.15, 0.2) is 47.5 Å². The number of benzene rings is 1. The second-order valence-corrected chi connectivity index (χ2v) is 6.10. The minimum atomic E-state index is -3.74. The van der Waals surface area contributed by atoms with Crippen LogP contribution in [0, 0.1) is 5.82 Å². The summed E-state index contributed by atoms with van der Waals surface area (Å²) in [5, 5.41) is 3.09. The minimum Gasteiger partial charge on any atom is -0.370 e. The largest absolute Gasteiger partial charge is 0.370 e. The molecule has 21 heavy (non-hydrogen) atoms. The zero-order chi connectivity index (χ0) is 15.3. The van der Waals surface area contributed by atoms with Crippen molar-refractivity contribution in [2.45, 2.75) is 18.2 Å². The number of nitrogens with one attached hydrogen (secondary N) is 2. The molecule has 2 rings (SSSR count). The topological polar surface area (TPSA) is 71.1 Å². The highest BCUT2D eigenvalue weighted by molar-refractivity contribution is 7.92. The van der Waals surface area contributed by atoms with E-state index in [1.54, 1.807) is 12.1 Å². The van der Waals surface area contributed by atoms with Gasteiger partial charge >= 0.3 is 0 Å². The molecular weight excluding hydrogens is 293 g/mol. The van der Waals surface area contributed by atoms with Gasteiger partial charge in [-0.3, -0.25) is 4.72 Å². The Kier molecular flexibility index (Phi) is 4.74. The van der Waals surface area contributed by atoms with Crippen LogP contribution < -0.4 is 10.0 Å². The molecule has 0 aliphatic carbocycles. The molecule has 0 unspecified atom stereocenters. The van der Waals surface area contributed by atoms with Crippen molar-refractivity contribution in [3.05, 3.63) is 48.4 Å². The van der Waals surface area contributed by atoms with Crippen LogP contribution in [-0.2, 0) is 10.0 Å². The van der Waals surface area contributed by atoms with E-state index in [1.165, 1.54) is 18.3 Å². The number of hydrogen-bond donors (Lipinski definition) is 2. The van der Waals surface area contributed by atoms with Crippen LogP contribution in [0.2, 0.25) is 0 Å². The van der Waals surface area contributed by atoms with E-state index in [0.29, 0.717) is 11.5 Å². The molecule has 7 heteroatoms. The molecule has 112 valence electrons. The summed E-state index contributed by atoms with van der Waals surface area (Å²) in [7, 11) is -3.74. The summed E-state index contributed by atoms with van der Waals surface area (Å²) in [5.74, 6) is 0.198. The zero-order valence-electron chi connectivity index (χ0n) is 11.5. The van der Waals surface area contributed by atoms with Crippen molar-refractivity contribution in [1.29, 1.82) is 0 Å². The van der Waals surface area contributed by atoms with Crippen LogP contribution in [0.4, 0.5) is 15.9 Å². The summed E-state index contributed by atoms with van der Waals surface area (Å²) in [5.41, 5.74) is 0.348. The lowest BCUT2D eigenvalue weighted by molar-refractivity contribution is 0.599. The summed E-state index contributed by atoms with van der Waals surface area (Å²) >= 11 is 0. The van der Waals surface area contributed by atoms with Gasteiger partial charge in [0.1, 0.15) is 11.6 Å². The van der Waals surface area contributed by atoms with Gasteiger partial charge in [0, 0.05) is 6.54 Å². The highest BCUT2D eigenvalue weighted by Gasteiger charge is 2.14. The first-order valence-electron chi connectivity index (χ1n) is 6.49. The van der Waals surface area contributed by atoms with Crippen LogP contribution in [-0.4, -0.2) is 19.9 Å². The van der Waals surface area contributed by atoms with Crippen LogP contribution >= 0.6 is 0 Å². The van der Waals surface area contributed by atoms with Crippen molar-refractivity contribution in [2.24, 2.45) is 0 Å². The number of pyridine rings is 1. The summed E-state index contributed by atoms with van der Waals surface area (Å²) in [6, 6.07) is 7.93. The van der Waals surface area contributed by atoms with Crippen LogP contribution in [0.5, 0.6) is 0 Å². The molecular formula is C14H16FN3O2S. The molecule has 0 fully saturated rings. The van der Waals surface area contributed by atoms with Crippen molar-refractivity contribution >= 4 is 21.5 Å². The van der Waals surface area contributed by atoms with Gasteiger partial charge in [0.15, 0.2) is 0 Å². The average Bonchev–Trinajstić information content (AvgIpc) is 2.47. The van der Waals surface area contributed by atoms with Gasteiger partial charge in [-0.1, -0.05) is 6.92 Å². The van der Waals surface area contributed by atoms with Gasteiger partial charge in [-0.25, -0.2) is 17.8 Å². The average molecular weight is 309 g/mol. The fourth-order valence-electron chi connectivity index (χ4n) is 1.64. The van der Waals surface area contributed by atoms with E-state index < -0.39 is 15.8 Å². The van der Waals surface area contributed by atoms with Crippen LogP contribution in [0.25, 0.3) is 0 Å². The van der Waals surface area contributed by atoms with E-state index in [4.69, 9.17) is 0 Å². The first kappa shape index (κ1) is 15.2. The highest BCUT2D eigenvalue weighted by Crippen LogP contribution is 2.16. The predicted molar refractivity (Wildman–Crippen MR) is 80.2 cm³/mol. The zero-order valence-corrected chi connectivity index (χ0v) is 12.3. The lowest BCUT2D eigenvalue weighted by Crippen LogP contribution is -2.13. The van der Waals surface area contributed by atoms with Gasteiger partial charge in [0.05, 0.1) is 16.8 Å². The second-order valence-electron chi connectivity index (χ2n) is 4.42. The molecule has 0 bridgehead atoms. The number of aromatic nitrogens is 1. The van der Waals surface area contributed by atoms with E-state index in [1.807, 2.05) is 6.92 Å². The Morgan fingerprint density at radius 2 is 1.86 bits per heavy atom. The molecule has 5 nitrogen and oxygen atoms in total. The number of rotatable bonds is 6. The van der Waals surface area contributed by atoms with Crippen molar-refractivity contribution < 1.29 is 12.8 Å². The van der Waals surface area contributed by atoms with Crippen molar-refractivity contribution in [1.82, 2.24) is 4.98 Å². The number of halogens is 1. The molecule has 0 radical (unpaired) electrons. The molecule has 0 aliphatic heterocycles. The Balaban J connectivity index is 2.11. The van der Waals surface area contributed by atoms with Gasteiger partial charge in [0.2, 0.25) is 0 Å². The smallest absolute Gasteiger partial charge is 0.261 e. The van der Waals surface area contributed by atoms with E-state index >= 15 is 0 Å². The molecule has 0 amide bonds. The molecule has 1 heterocycles. The lowest BCUT2D eigenvalue weighted by atomic mass is 10.4. The molecule has 0 spiro atoms. The Morgan fingerprint density at radius 1 is 1.14 bits per heavy atom. The monoisotopic (exact) mass is 309 g/mol. The van der Waals surface area contributed by atoms with Crippen molar-refractivity contribution in [3.8, 4) is 0 Å². The number of hydrogen-bond acceptors (Lipinski definition) is 4. The van der Waals surface area contributed by atoms with Gasteiger partial charge in [-0.2, -0.15) is 0 Å². The third-order valence-electron chi connectivity index (χ3n) is 2.70. The Labute approximate surface area is 123 Å². The van der Waals surface area contributed by atoms with E-state index in [-0.39, 0.29) is 4.90 Å². The SMILES string of the molecule is CCCNc1ccc(NS(=O)(=O)c2ccc(F)cc2)cn1. The normalized spacial score (nSPS) is 11.1. The maximum Gasteiger partial charge on any atom is 0.261 e. The number of sulfonamides is 1. The Morgan fingerprint density at radius 3 is 2.43 bits per heavy atom. The second kappa shape index (κ2) is 6.53. The Hall–Kier alpha value is -2.15. The Bertz CT molecular complexity index is 685. The van der Waals surface area contributed by atoms with Gasteiger partial charge in [0.25, 0.3) is 10.0 Å². The van der Waals surface area contributed by atoms with Crippen LogP contribution in [0.1, 0.15) is 13.3 Å². The fraction of sp³-hybridized carbons (Fsp3) is 0.214. The standard InChI is InChI=1S/C14H16FN3O2S/c1-2-9-16-14-8-5-12(10-17-14)18-21(19,20)13-6-3-11(15)4-7-13/h3-8,10,18H,2,9H2,1H3,(H,16,17). The molecule has 0 saturated heterocycles. The number of anilines is 2. The molecule has 0 saturated carbocycles. The van der Waals surface area contributed by atoms with E-state index in [0.717, 1.165) is 25.1 Å². The molecule has 1 aromatic heterocycles. The molecule has 2 aromatic rings.